The summed E-state index contributed by atoms with van der Waals surface area (Å²) in [6.07, 6.45) is 0.216. The summed E-state index contributed by atoms with van der Waals surface area (Å²) in [5.74, 6) is -1.15. The molecular formula is C9H12BrNO4S2. The van der Waals surface area contributed by atoms with Crippen molar-refractivity contribution >= 4 is 43.3 Å². The first-order chi connectivity index (χ1) is 7.82. The molecule has 0 saturated heterocycles. The second-order valence-corrected chi connectivity index (χ2v) is 7.30. The molecule has 1 rings (SSSR count). The van der Waals surface area contributed by atoms with Crippen molar-refractivity contribution in [2.45, 2.75) is 23.6 Å². The Morgan fingerprint density at radius 1 is 1.65 bits per heavy atom. The van der Waals surface area contributed by atoms with Crippen LogP contribution in [0.2, 0.25) is 0 Å². The first-order valence-corrected chi connectivity index (χ1v) is 7.87. The van der Waals surface area contributed by atoms with Crippen LogP contribution in [0.1, 0.15) is 13.3 Å². The Morgan fingerprint density at radius 2 is 2.24 bits per heavy atom. The number of thiophene rings is 1. The molecule has 17 heavy (non-hydrogen) atoms. The van der Waals surface area contributed by atoms with Crippen molar-refractivity contribution in [1.29, 1.82) is 0 Å². The largest absolute Gasteiger partial charge is 0.480 e. The van der Waals surface area contributed by atoms with Gasteiger partial charge < -0.3 is 5.11 Å². The molecule has 1 N–H and O–H groups in total. The fourth-order valence-electron chi connectivity index (χ4n) is 1.35. The van der Waals surface area contributed by atoms with Crippen molar-refractivity contribution in [3.63, 3.8) is 0 Å². The lowest BCUT2D eigenvalue weighted by Gasteiger charge is -2.22. The molecule has 1 unspecified atom stereocenters. The monoisotopic (exact) mass is 341 g/mol. The average molecular weight is 342 g/mol. The number of nitrogens with zero attached hydrogens (tertiary/aromatic N) is 1. The van der Waals surface area contributed by atoms with E-state index in [1.807, 2.05) is 0 Å². The molecule has 0 fully saturated rings. The maximum atomic E-state index is 12.2. The Hall–Kier alpha value is -0.440. The fraction of sp³-hybridized carbons (Fsp3) is 0.444. The van der Waals surface area contributed by atoms with E-state index >= 15 is 0 Å². The van der Waals surface area contributed by atoms with Crippen molar-refractivity contribution in [2.75, 3.05) is 7.05 Å². The fourth-order valence-corrected chi connectivity index (χ4v) is 5.22. The molecule has 0 saturated carbocycles. The summed E-state index contributed by atoms with van der Waals surface area (Å²) in [7, 11) is -2.48. The van der Waals surface area contributed by atoms with E-state index < -0.39 is 22.0 Å². The SMILES string of the molecule is CCC(C(=O)O)N(C)S(=O)(=O)c1sccc1Br. The van der Waals surface area contributed by atoms with E-state index in [0.29, 0.717) is 4.47 Å². The molecule has 1 heterocycles. The lowest BCUT2D eigenvalue weighted by Crippen LogP contribution is -2.41. The molecule has 1 atom stereocenters. The molecule has 0 aliphatic heterocycles. The predicted molar refractivity (Wildman–Crippen MR) is 68.7 cm³/mol. The van der Waals surface area contributed by atoms with Crippen molar-refractivity contribution in [3.8, 4) is 0 Å². The summed E-state index contributed by atoms with van der Waals surface area (Å²) < 4.78 is 25.8. The van der Waals surface area contributed by atoms with Crippen LogP contribution in [0.3, 0.4) is 0 Å². The summed E-state index contributed by atoms with van der Waals surface area (Å²) in [6.45, 7) is 1.63. The van der Waals surface area contributed by atoms with Gasteiger partial charge in [0.25, 0.3) is 10.0 Å². The molecule has 96 valence electrons. The lowest BCUT2D eigenvalue weighted by molar-refractivity contribution is -0.141. The zero-order valence-electron chi connectivity index (χ0n) is 9.25. The highest BCUT2D eigenvalue weighted by Crippen LogP contribution is 2.30. The van der Waals surface area contributed by atoms with Gasteiger partial charge in [-0.1, -0.05) is 6.92 Å². The Kier molecular flexibility index (Phi) is 4.70. The number of carbonyl (C=O) groups is 1. The predicted octanol–water partition coefficient (Wildman–Crippen LogP) is 1.99. The molecule has 0 aliphatic rings. The lowest BCUT2D eigenvalue weighted by atomic mass is 10.2. The van der Waals surface area contributed by atoms with Gasteiger partial charge >= 0.3 is 5.97 Å². The van der Waals surface area contributed by atoms with Gasteiger partial charge in [-0.2, -0.15) is 4.31 Å². The second-order valence-electron chi connectivity index (χ2n) is 3.34. The summed E-state index contributed by atoms with van der Waals surface area (Å²) in [6, 6.07) is 0.571. The smallest absolute Gasteiger partial charge is 0.321 e. The zero-order valence-corrected chi connectivity index (χ0v) is 12.5. The maximum absolute atomic E-state index is 12.2. The van der Waals surface area contributed by atoms with Gasteiger partial charge in [-0.15, -0.1) is 11.3 Å². The highest BCUT2D eigenvalue weighted by Gasteiger charge is 2.33. The first-order valence-electron chi connectivity index (χ1n) is 4.76. The highest BCUT2D eigenvalue weighted by atomic mass is 79.9. The quantitative estimate of drug-likeness (QED) is 0.888. The molecule has 1 aromatic rings. The minimum atomic E-state index is -3.76. The van der Waals surface area contributed by atoms with Crippen LogP contribution in [0.5, 0.6) is 0 Å². The van der Waals surface area contributed by atoms with Crippen LogP contribution in [-0.4, -0.2) is 36.9 Å². The summed E-state index contributed by atoms with van der Waals surface area (Å²) in [5, 5.41) is 10.6. The molecule has 0 bridgehead atoms. The van der Waals surface area contributed by atoms with Crippen LogP contribution in [0.25, 0.3) is 0 Å². The number of sulfonamides is 1. The maximum Gasteiger partial charge on any atom is 0.321 e. The number of carboxylic acid groups (broad SMARTS) is 1. The number of likely N-dealkylation sites (N-methyl/N-ethyl adjacent to an activating group) is 1. The van der Waals surface area contributed by atoms with E-state index in [2.05, 4.69) is 15.9 Å². The number of hydrogen-bond acceptors (Lipinski definition) is 4. The number of hydrogen-bond donors (Lipinski definition) is 1. The molecule has 0 aliphatic carbocycles. The topological polar surface area (TPSA) is 74.7 Å². The van der Waals surface area contributed by atoms with E-state index in [-0.39, 0.29) is 10.6 Å². The van der Waals surface area contributed by atoms with Gasteiger partial charge in [0.2, 0.25) is 0 Å². The number of halogens is 1. The second kappa shape index (κ2) is 5.47. The van der Waals surface area contributed by atoms with Crippen LogP contribution in [-0.2, 0) is 14.8 Å². The van der Waals surface area contributed by atoms with E-state index in [1.165, 1.54) is 7.05 Å². The summed E-state index contributed by atoms with van der Waals surface area (Å²) in [5.41, 5.74) is 0. The third-order valence-corrected chi connectivity index (χ3v) is 6.82. The number of carboxylic acids is 1. The van der Waals surface area contributed by atoms with Gasteiger partial charge in [0.05, 0.1) is 0 Å². The molecule has 0 amide bonds. The van der Waals surface area contributed by atoms with Gasteiger partial charge in [0, 0.05) is 11.5 Å². The third kappa shape index (κ3) is 2.87. The molecule has 8 heteroatoms. The average Bonchev–Trinajstić information content (AvgIpc) is 2.65. The van der Waals surface area contributed by atoms with Crippen LogP contribution < -0.4 is 0 Å². The Labute approximate surface area is 112 Å². The number of aliphatic carboxylic acids is 1. The molecule has 1 aromatic heterocycles. The first kappa shape index (κ1) is 14.6. The standard InChI is InChI=1S/C9H12BrNO4S2/c1-3-7(8(12)13)11(2)17(14,15)9-6(10)4-5-16-9/h4-5,7H,3H2,1-2H3,(H,12,13). The van der Waals surface area contributed by atoms with Crippen molar-refractivity contribution in [3.05, 3.63) is 15.9 Å². The summed E-state index contributed by atoms with van der Waals surface area (Å²) in [4.78, 5) is 11.0. The molecule has 5 nitrogen and oxygen atoms in total. The molecule has 0 spiro atoms. The normalized spacial score (nSPS) is 13.9. The van der Waals surface area contributed by atoms with Crippen LogP contribution >= 0.6 is 27.3 Å². The van der Waals surface area contributed by atoms with E-state index in [1.54, 1.807) is 18.4 Å². The van der Waals surface area contributed by atoms with Crippen LogP contribution in [0.4, 0.5) is 0 Å². The van der Waals surface area contributed by atoms with E-state index in [0.717, 1.165) is 15.6 Å². The van der Waals surface area contributed by atoms with E-state index in [4.69, 9.17) is 5.11 Å². The Balaban J connectivity index is 3.15. The highest BCUT2D eigenvalue weighted by molar-refractivity contribution is 9.10. The van der Waals surface area contributed by atoms with Gasteiger partial charge in [-0.3, -0.25) is 4.79 Å². The van der Waals surface area contributed by atoms with Gasteiger partial charge in [-0.25, -0.2) is 8.42 Å². The molecular weight excluding hydrogens is 330 g/mol. The van der Waals surface area contributed by atoms with Gasteiger partial charge in [0.15, 0.2) is 0 Å². The van der Waals surface area contributed by atoms with Gasteiger partial charge in [-0.05, 0) is 33.8 Å². The minimum Gasteiger partial charge on any atom is -0.480 e. The zero-order chi connectivity index (χ0) is 13.2. The summed E-state index contributed by atoms with van der Waals surface area (Å²) >= 11 is 4.19. The van der Waals surface area contributed by atoms with Gasteiger partial charge in [0.1, 0.15) is 10.3 Å². The minimum absolute atomic E-state index is 0.125. The Bertz CT molecular complexity index is 511. The third-order valence-electron chi connectivity index (χ3n) is 2.31. The van der Waals surface area contributed by atoms with Crippen LogP contribution in [0, 0.1) is 0 Å². The van der Waals surface area contributed by atoms with Crippen molar-refractivity contribution < 1.29 is 18.3 Å². The number of rotatable bonds is 5. The Morgan fingerprint density at radius 3 is 2.59 bits per heavy atom. The van der Waals surface area contributed by atoms with Crippen molar-refractivity contribution in [1.82, 2.24) is 4.31 Å². The molecule has 0 radical (unpaired) electrons. The van der Waals surface area contributed by atoms with Crippen molar-refractivity contribution in [2.24, 2.45) is 0 Å². The van der Waals surface area contributed by atoms with Crippen LogP contribution in [0.15, 0.2) is 20.1 Å². The molecule has 0 aromatic carbocycles. The van der Waals surface area contributed by atoms with E-state index in [9.17, 15) is 13.2 Å².